The summed E-state index contributed by atoms with van der Waals surface area (Å²) in [7, 11) is 0. The van der Waals surface area contributed by atoms with E-state index in [1.165, 1.54) is 0 Å². The van der Waals surface area contributed by atoms with E-state index in [1.54, 1.807) is 31.2 Å². The molecule has 138 valence electrons. The largest absolute Gasteiger partial charge is 0.508 e. The molecule has 26 heavy (non-hydrogen) atoms. The lowest BCUT2D eigenvalue weighted by Crippen LogP contribution is -2.52. The second kappa shape index (κ2) is 7.87. The maximum Gasteiger partial charge on any atom is 0.263 e. The van der Waals surface area contributed by atoms with E-state index in [-0.39, 0.29) is 11.7 Å². The first-order chi connectivity index (χ1) is 12.4. The molecule has 6 heteroatoms. The van der Waals surface area contributed by atoms with Gasteiger partial charge in [0.2, 0.25) is 0 Å². The maximum atomic E-state index is 12.7. The molecule has 1 atom stereocenters. The summed E-state index contributed by atoms with van der Waals surface area (Å²) in [4.78, 5) is 16.7. The Kier molecular flexibility index (Phi) is 5.57. The van der Waals surface area contributed by atoms with Crippen molar-refractivity contribution in [2.75, 3.05) is 31.1 Å². The molecule has 0 aliphatic carbocycles. The van der Waals surface area contributed by atoms with Crippen molar-refractivity contribution in [1.29, 1.82) is 0 Å². The van der Waals surface area contributed by atoms with Crippen LogP contribution in [0.2, 0.25) is 5.02 Å². The van der Waals surface area contributed by atoms with Crippen LogP contribution in [0.4, 0.5) is 5.69 Å². The minimum atomic E-state index is -0.554. The third kappa shape index (κ3) is 4.22. The summed E-state index contributed by atoms with van der Waals surface area (Å²) in [5, 5.41) is 10.3. The van der Waals surface area contributed by atoms with E-state index in [0.29, 0.717) is 23.9 Å². The number of carbonyl (C=O) groups is 1. The second-order valence-electron chi connectivity index (χ2n) is 6.50. The number of nitrogens with zero attached hydrogens (tertiary/aromatic N) is 2. The first kappa shape index (κ1) is 18.4. The number of amides is 1. The van der Waals surface area contributed by atoms with Gasteiger partial charge in [-0.1, -0.05) is 17.7 Å². The van der Waals surface area contributed by atoms with Crippen molar-refractivity contribution in [3.05, 3.63) is 53.1 Å². The lowest BCUT2D eigenvalue weighted by atomic mass is 10.2. The second-order valence-corrected chi connectivity index (χ2v) is 6.94. The zero-order valence-corrected chi connectivity index (χ0v) is 15.7. The number of hydrogen-bond acceptors (Lipinski definition) is 4. The number of halogens is 1. The van der Waals surface area contributed by atoms with Gasteiger partial charge in [-0.3, -0.25) is 4.79 Å². The van der Waals surface area contributed by atoms with Gasteiger partial charge < -0.3 is 19.6 Å². The Labute approximate surface area is 158 Å². The number of anilines is 1. The number of piperazine rings is 1. The van der Waals surface area contributed by atoms with Crippen LogP contribution in [-0.2, 0) is 4.79 Å². The van der Waals surface area contributed by atoms with Crippen LogP contribution in [0.25, 0.3) is 0 Å². The summed E-state index contributed by atoms with van der Waals surface area (Å²) in [6, 6.07) is 12.6. The van der Waals surface area contributed by atoms with Gasteiger partial charge in [-0.25, -0.2) is 0 Å². The average molecular weight is 375 g/mol. The minimum absolute atomic E-state index is 0.0186. The predicted molar refractivity (Wildman–Crippen MR) is 103 cm³/mol. The van der Waals surface area contributed by atoms with Gasteiger partial charge >= 0.3 is 0 Å². The van der Waals surface area contributed by atoms with Crippen LogP contribution in [0.5, 0.6) is 11.5 Å². The molecule has 5 nitrogen and oxygen atoms in total. The lowest BCUT2D eigenvalue weighted by Gasteiger charge is -2.37. The summed E-state index contributed by atoms with van der Waals surface area (Å²) in [5.41, 5.74) is 1.88. The van der Waals surface area contributed by atoms with Crippen LogP contribution in [-0.4, -0.2) is 48.2 Å². The number of rotatable bonds is 4. The number of aryl methyl sites for hydroxylation is 1. The number of phenolic OH excluding ortho intramolecular Hbond substituents is 1. The van der Waals surface area contributed by atoms with E-state index in [9.17, 15) is 9.90 Å². The summed E-state index contributed by atoms with van der Waals surface area (Å²) in [6.45, 7) is 6.39. The molecule has 2 aromatic carbocycles. The Morgan fingerprint density at radius 3 is 2.54 bits per heavy atom. The molecule has 1 amide bonds. The van der Waals surface area contributed by atoms with Crippen LogP contribution in [0, 0.1) is 6.92 Å². The monoisotopic (exact) mass is 374 g/mol. The summed E-state index contributed by atoms with van der Waals surface area (Å²) in [5.74, 6) is 0.907. The molecule has 1 aliphatic heterocycles. The Hall–Kier alpha value is -2.40. The molecular weight excluding hydrogens is 352 g/mol. The lowest BCUT2D eigenvalue weighted by molar-refractivity contribution is -0.138. The van der Waals surface area contributed by atoms with Crippen LogP contribution in [0.15, 0.2) is 42.5 Å². The van der Waals surface area contributed by atoms with Crippen molar-refractivity contribution in [2.24, 2.45) is 0 Å². The fraction of sp³-hybridized carbons (Fsp3) is 0.350. The number of hydrogen-bond donors (Lipinski definition) is 1. The molecule has 0 aromatic heterocycles. The Morgan fingerprint density at radius 1 is 1.15 bits per heavy atom. The highest BCUT2D eigenvalue weighted by Gasteiger charge is 2.26. The quantitative estimate of drug-likeness (QED) is 0.890. The Balaban J connectivity index is 1.57. The van der Waals surface area contributed by atoms with Crippen LogP contribution in [0.3, 0.4) is 0 Å². The van der Waals surface area contributed by atoms with Gasteiger partial charge in [0, 0.05) is 43.0 Å². The van der Waals surface area contributed by atoms with Crippen molar-refractivity contribution in [1.82, 2.24) is 4.90 Å². The standard InChI is InChI=1S/C20H23ClN2O3/c1-14-12-16(21)6-7-19(14)26-15(2)20(25)23-10-8-22(9-11-23)17-4-3-5-18(24)13-17/h3-7,12-13,15,24H,8-11H2,1-2H3. The maximum absolute atomic E-state index is 12.7. The van der Waals surface area contributed by atoms with Crippen molar-refractivity contribution >= 4 is 23.2 Å². The number of benzene rings is 2. The van der Waals surface area contributed by atoms with E-state index in [0.717, 1.165) is 24.3 Å². The van der Waals surface area contributed by atoms with E-state index in [2.05, 4.69) is 4.90 Å². The molecule has 1 saturated heterocycles. The fourth-order valence-corrected chi connectivity index (χ4v) is 3.34. The highest BCUT2D eigenvalue weighted by molar-refractivity contribution is 6.30. The third-order valence-electron chi connectivity index (χ3n) is 4.57. The molecule has 1 heterocycles. The van der Waals surface area contributed by atoms with E-state index < -0.39 is 6.10 Å². The number of carbonyl (C=O) groups excluding carboxylic acids is 1. The van der Waals surface area contributed by atoms with E-state index in [4.69, 9.17) is 16.3 Å². The van der Waals surface area contributed by atoms with Gasteiger partial charge in [0.25, 0.3) is 5.91 Å². The van der Waals surface area contributed by atoms with Crippen molar-refractivity contribution in [3.8, 4) is 11.5 Å². The molecule has 3 rings (SSSR count). The van der Waals surface area contributed by atoms with Gasteiger partial charge in [-0.2, -0.15) is 0 Å². The number of aromatic hydroxyl groups is 1. The molecule has 0 bridgehead atoms. The number of phenols is 1. The third-order valence-corrected chi connectivity index (χ3v) is 4.81. The SMILES string of the molecule is Cc1cc(Cl)ccc1OC(C)C(=O)N1CCN(c2cccc(O)c2)CC1. The minimum Gasteiger partial charge on any atom is -0.508 e. The molecule has 1 aliphatic rings. The summed E-state index contributed by atoms with van der Waals surface area (Å²) >= 11 is 5.96. The van der Waals surface area contributed by atoms with Crippen LogP contribution < -0.4 is 9.64 Å². The van der Waals surface area contributed by atoms with Gasteiger partial charge in [-0.15, -0.1) is 0 Å². The van der Waals surface area contributed by atoms with Crippen molar-refractivity contribution in [2.45, 2.75) is 20.0 Å². The first-order valence-electron chi connectivity index (χ1n) is 8.69. The zero-order valence-electron chi connectivity index (χ0n) is 15.0. The van der Waals surface area contributed by atoms with Gasteiger partial charge in [-0.05, 0) is 49.7 Å². The van der Waals surface area contributed by atoms with Crippen molar-refractivity contribution < 1.29 is 14.6 Å². The molecule has 1 N–H and O–H groups in total. The summed E-state index contributed by atoms with van der Waals surface area (Å²) < 4.78 is 5.85. The molecular formula is C20H23ClN2O3. The highest BCUT2D eigenvalue weighted by atomic mass is 35.5. The van der Waals surface area contributed by atoms with Gasteiger partial charge in [0.1, 0.15) is 11.5 Å². The smallest absolute Gasteiger partial charge is 0.263 e. The highest BCUT2D eigenvalue weighted by Crippen LogP contribution is 2.24. The predicted octanol–water partition coefficient (Wildman–Crippen LogP) is 3.47. The molecule has 2 aromatic rings. The van der Waals surface area contributed by atoms with Crippen LogP contribution in [0.1, 0.15) is 12.5 Å². The first-order valence-corrected chi connectivity index (χ1v) is 9.07. The number of ether oxygens (including phenoxy) is 1. The molecule has 1 unspecified atom stereocenters. The Morgan fingerprint density at radius 2 is 1.88 bits per heavy atom. The zero-order chi connectivity index (χ0) is 18.7. The topological polar surface area (TPSA) is 53.0 Å². The van der Waals surface area contributed by atoms with E-state index in [1.807, 2.05) is 30.0 Å². The normalized spacial score (nSPS) is 15.7. The van der Waals surface area contributed by atoms with Crippen molar-refractivity contribution in [3.63, 3.8) is 0 Å². The Bertz CT molecular complexity index is 788. The fourth-order valence-electron chi connectivity index (χ4n) is 3.12. The molecule has 0 spiro atoms. The molecule has 0 radical (unpaired) electrons. The average Bonchev–Trinajstić information content (AvgIpc) is 2.63. The van der Waals surface area contributed by atoms with Crippen LogP contribution >= 0.6 is 11.6 Å². The van der Waals surface area contributed by atoms with Gasteiger partial charge in [0.05, 0.1) is 0 Å². The summed E-state index contributed by atoms with van der Waals surface area (Å²) in [6.07, 6.45) is -0.554. The van der Waals surface area contributed by atoms with Gasteiger partial charge in [0.15, 0.2) is 6.10 Å². The molecule has 1 fully saturated rings. The molecule has 0 saturated carbocycles. The van der Waals surface area contributed by atoms with E-state index >= 15 is 0 Å².